The average Bonchev–Trinajstić information content (AvgIpc) is 3.10. The normalized spacial score (nSPS) is 18.8. The molecule has 6 heteroatoms. The summed E-state index contributed by atoms with van der Waals surface area (Å²) in [6.45, 7) is 5.99. The van der Waals surface area contributed by atoms with Gasteiger partial charge in [-0.3, -0.25) is 9.48 Å². The van der Waals surface area contributed by atoms with Crippen LogP contribution in [0, 0.1) is 19.8 Å². The Morgan fingerprint density at radius 3 is 2.46 bits per heavy atom. The Bertz CT molecular complexity index is 970. The highest BCUT2D eigenvalue weighted by Crippen LogP contribution is 2.47. The van der Waals surface area contributed by atoms with Crippen LogP contribution in [-0.2, 0) is 7.05 Å². The Labute approximate surface area is 152 Å². The summed E-state index contributed by atoms with van der Waals surface area (Å²) >= 11 is 0. The predicted molar refractivity (Wildman–Crippen MR) is 101 cm³/mol. The van der Waals surface area contributed by atoms with Gasteiger partial charge < -0.3 is 5.32 Å². The first kappa shape index (κ1) is 16.6. The van der Waals surface area contributed by atoms with Crippen molar-refractivity contribution in [2.45, 2.75) is 33.1 Å². The first-order valence-electron chi connectivity index (χ1n) is 8.92. The molecule has 0 radical (unpaired) electrons. The number of aromatic nitrogens is 4. The molecule has 4 rings (SSSR count). The van der Waals surface area contributed by atoms with E-state index in [-0.39, 0.29) is 5.91 Å². The fraction of sp³-hybridized carbons (Fsp3) is 0.350. The Balaban J connectivity index is 1.71. The fourth-order valence-electron chi connectivity index (χ4n) is 3.45. The van der Waals surface area contributed by atoms with Crippen molar-refractivity contribution in [1.82, 2.24) is 19.6 Å². The Morgan fingerprint density at radius 1 is 1.19 bits per heavy atom. The van der Waals surface area contributed by atoms with Crippen molar-refractivity contribution < 1.29 is 4.79 Å². The van der Waals surface area contributed by atoms with Crippen molar-refractivity contribution in [1.29, 1.82) is 0 Å². The number of benzene rings is 1. The molecule has 0 bridgehead atoms. The first-order valence-corrected chi connectivity index (χ1v) is 8.92. The number of rotatable bonds is 4. The van der Waals surface area contributed by atoms with Gasteiger partial charge in [0.15, 0.2) is 0 Å². The monoisotopic (exact) mass is 349 g/mol. The van der Waals surface area contributed by atoms with E-state index in [1.54, 1.807) is 4.68 Å². The maximum Gasteiger partial charge on any atom is 0.260 e. The minimum absolute atomic E-state index is 0.152. The van der Waals surface area contributed by atoms with Crippen LogP contribution in [0.5, 0.6) is 0 Å². The molecule has 1 aromatic carbocycles. The second-order valence-corrected chi connectivity index (χ2v) is 7.14. The van der Waals surface area contributed by atoms with E-state index >= 15 is 0 Å². The number of hydrogen-bond acceptors (Lipinski definition) is 3. The number of aryl methyl sites for hydroxylation is 2. The van der Waals surface area contributed by atoms with E-state index in [0.717, 1.165) is 29.2 Å². The molecule has 0 aliphatic heterocycles. The molecule has 2 aromatic heterocycles. The molecular formula is C20H23N5O. The standard InChI is InChI=1S/C20H23N5O/c1-12-10-16(12)17-11-18(25(23-17)15-8-6-5-7-9-15)21-20(26)19-13(2)22-24(4)14(19)3/h5-9,11-12,16H,10H2,1-4H3,(H,21,26)/t12-,16+/m1/s1. The number of nitrogens with one attached hydrogen (secondary N) is 1. The molecule has 2 heterocycles. The third kappa shape index (κ3) is 2.81. The van der Waals surface area contributed by atoms with Crippen LogP contribution in [0.1, 0.15) is 46.7 Å². The number of amides is 1. The summed E-state index contributed by atoms with van der Waals surface area (Å²) in [7, 11) is 1.85. The fourth-order valence-corrected chi connectivity index (χ4v) is 3.45. The molecule has 1 N–H and O–H groups in total. The van der Waals surface area contributed by atoms with E-state index in [1.165, 1.54) is 0 Å². The number of para-hydroxylation sites is 1. The average molecular weight is 349 g/mol. The van der Waals surface area contributed by atoms with Gasteiger partial charge in [-0.25, -0.2) is 4.68 Å². The first-order chi connectivity index (χ1) is 12.5. The van der Waals surface area contributed by atoms with Crippen molar-refractivity contribution in [2.75, 3.05) is 5.32 Å². The summed E-state index contributed by atoms with van der Waals surface area (Å²) in [6, 6.07) is 11.9. The van der Waals surface area contributed by atoms with Crippen molar-refractivity contribution in [3.8, 4) is 5.69 Å². The maximum atomic E-state index is 12.9. The van der Waals surface area contributed by atoms with Gasteiger partial charge in [0.05, 0.1) is 22.6 Å². The summed E-state index contributed by atoms with van der Waals surface area (Å²) in [4.78, 5) is 12.9. The third-order valence-electron chi connectivity index (χ3n) is 5.20. The second kappa shape index (κ2) is 6.12. The molecule has 1 aliphatic rings. The van der Waals surface area contributed by atoms with Crippen LogP contribution >= 0.6 is 0 Å². The van der Waals surface area contributed by atoms with Gasteiger partial charge in [-0.05, 0) is 38.3 Å². The minimum atomic E-state index is -0.152. The molecule has 1 aliphatic carbocycles. The topological polar surface area (TPSA) is 64.7 Å². The molecule has 6 nitrogen and oxygen atoms in total. The van der Waals surface area contributed by atoms with E-state index in [0.29, 0.717) is 23.2 Å². The Kier molecular flexibility index (Phi) is 3.90. The number of nitrogens with zero attached hydrogens (tertiary/aromatic N) is 4. The van der Waals surface area contributed by atoms with Gasteiger partial charge in [0.25, 0.3) is 5.91 Å². The molecule has 26 heavy (non-hydrogen) atoms. The van der Waals surface area contributed by atoms with E-state index < -0.39 is 0 Å². The van der Waals surface area contributed by atoms with Gasteiger partial charge in [-0.1, -0.05) is 25.1 Å². The van der Waals surface area contributed by atoms with Crippen LogP contribution in [0.2, 0.25) is 0 Å². The number of anilines is 1. The smallest absolute Gasteiger partial charge is 0.260 e. The number of hydrogen-bond donors (Lipinski definition) is 1. The summed E-state index contributed by atoms with van der Waals surface area (Å²) in [5, 5.41) is 12.2. The molecule has 1 saturated carbocycles. The quantitative estimate of drug-likeness (QED) is 0.783. The third-order valence-corrected chi connectivity index (χ3v) is 5.20. The van der Waals surface area contributed by atoms with Crippen LogP contribution < -0.4 is 5.32 Å². The summed E-state index contributed by atoms with van der Waals surface area (Å²) < 4.78 is 3.55. The molecular weight excluding hydrogens is 326 g/mol. The predicted octanol–water partition coefficient (Wildman–Crippen LogP) is 3.60. The lowest BCUT2D eigenvalue weighted by Crippen LogP contribution is -2.16. The molecule has 0 spiro atoms. The zero-order chi connectivity index (χ0) is 18.4. The van der Waals surface area contributed by atoms with Crippen LogP contribution in [0.25, 0.3) is 5.69 Å². The molecule has 134 valence electrons. The summed E-state index contributed by atoms with van der Waals surface area (Å²) in [5.41, 5.74) is 4.17. The lowest BCUT2D eigenvalue weighted by atomic mass is 10.2. The van der Waals surface area contributed by atoms with Crippen molar-refractivity contribution in [3.63, 3.8) is 0 Å². The number of carbonyl (C=O) groups is 1. The van der Waals surface area contributed by atoms with Gasteiger partial charge in [0.2, 0.25) is 0 Å². The molecule has 0 unspecified atom stereocenters. The van der Waals surface area contributed by atoms with Gasteiger partial charge in [-0.15, -0.1) is 0 Å². The van der Waals surface area contributed by atoms with E-state index in [4.69, 9.17) is 5.10 Å². The highest BCUT2D eigenvalue weighted by Gasteiger charge is 2.37. The molecule has 2 atom stereocenters. The zero-order valence-electron chi connectivity index (χ0n) is 15.5. The lowest BCUT2D eigenvalue weighted by molar-refractivity contribution is 0.102. The molecule has 1 amide bonds. The van der Waals surface area contributed by atoms with Crippen molar-refractivity contribution >= 4 is 11.7 Å². The molecule has 0 saturated heterocycles. The Morgan fingerprint density at radius 2 is 1.88 bits per heavy atom. The highest BCUT2D eigenvalue weighted by atomic mass is 16.1. The van der Waals surface area contributed by atoms with Crippen LogP contribution in [0.3, 0.4) is 0 Å². The van der Waals surface area contributed by atoms with Crippen molar-refractivity contribution in [2.24, 2.45) is 13.0 Å². The van der Waals surface area contributed by atoms with Gasteiger partial charge in [0.1, 0.15) is 5.82 Å². The van der Waals surface area contributed by atoms with Gasteiger partial charge >= 0.3 is 0 Å². The van der Waals surface area contributed by atoms with Gasteiger partial charge in [-0.2, -0.15) is 10.2 Å². The largest absolute Gasteiger partial charge is 0.306 e. The molecule has 1 fully saturated rings. The second-order valence-electron chi connectivity index (χ2n) is 7.14. The SMILES string of the molecule is Cc1nn(C)c(C)c1C(=O)Nc1cc([C@H]2C[C@H]2C)nn1-c1ccccc1. The van der Waals surface area contributed by atoms with Crippen LogP contribution in [-0.4, -0.2) is 25.5 Å². The summed E-state index contributed by atoms with van der Waals surface area (Å²) in [5.74, 6) is 1.68. The van der Waals surface area contributed by atoms with Crippen molar-refractivity contribution in [3.05, 3.63) is 59.0 Å². The van der Waals surface area contributed by atoms with Gasteiger partial charge in [0, 0.05) is 24.7 Å². The Hall–Kier alpha value is -2.89. The maximum absolute atomic E-state index is 12.9. The molecule has 3 aromatic rings. The van der Waals surface area contributed by atoms with Crippen LogP contribution in [0.15, 0.2) is 36.4 Å². The zero-order valence-corrected chi connectivity index (χ0v) is 15.5. The highest BCUT2D eigenvalue weighted by molar-refractivity contribution is 6.05. The number of carbonyl (C=O) groups excluding carboxylic acids is 1. The van der Waals surface area contributed by atoms with E-state index in [1.807, 2.05) is 62.0 Å². The minimum Gasteiger partial charge on any atom is -0.306 e. The van der Waals surface area contributed by atoms with E-state index in [9.17, 15) is 4.79 Å². The lowest BCUT2D eigenvalue weighted by Gasteiger charge is -2.09. The van der Waals surface area contributed by atoms with Crippen LogP contribution in [0.4, 0.5) is 5.82 Å². The summed E-state index contributed by atoms with van der Waals surface area (Å²) in [6.07, 6.45) is 1.15. The van der Waals surface area contributed by atoms with E-state index in [2.05, 4.69) is 17.3 Å².